The molecule has 40 heavy (non-hydrogen) atoms. The van der Waals surface area contributed by atoms with Gasteiger partial charge in [-0.2, -0.15) is 0 Å². The predicted octanol–water partition coefficient (Wildman–Crippen LogP) is -1.21. The first-order valence-corrected chi connectivity index (χ1v) is 12.1. The predicted molar refractivity (Wildman–Crippen MR) is 136 cm³/mol. The molecule has 1 saturated heterocycles. The molecule has 1 fully saturated rings. The number of carbonyl (C=O) groups is 6. The van der Waals surface area contributed by atoms with Crippen LogP contribution in [0, 0.1) is 0 Å². The van der Waals surface area contributed by atoms with E-state index in [1.54, 1.807) is 0 Å². The van der Waals surface area contributed by atoms with Crippen LogP contribution in [0.3, 0.4) is 0 Å². The van der Waals surface area contributed by atoms with Crippen LogP contribution in [0.25, 0.3) is 0 Å². The molecule has 14 heteroatoms. The zero-order valence-corrected chi connectivity index (χ0v) is 21.0. The molecule has 4 amide bonds. The molecular formula is C26H28N4O10. The maximum Gasteiger partial charge on any atom is 0.326 e. The first-order chi connectivity index (χ1) is 18.9. The molecule has 1 aliphatic heterocycles. The van der Waals surface area contributed by atoms with Gasteiger partial charge in [0.1, 0.15) is 35.7 Å². The van der Waals surface area contributed by atoms with Crippen LogP contribution in [0.5, 0.6) is 11.5 Å². The van der Waals surface area contributed by atoms with Gasteiger partial charge >= 0.3 is 11.9 Å². The number of amides is 4. The van der Waals surface area contributed by atoms with Gasteiger partial charge in [-0.1, -0.05) is 24.3 Å². The number of carboxylic acids is 2. The number of aromatic hydroxyl groups is 2. The summed E-state index contributed by atoms with van der Waals surface area (Å²) in [6.45, 7) is 0. The Morgan fingerprint density at radius 1 is 0.650 bits per heavy atom. The number of carboxylic acid groups (broad SMARTS) is 2. The minimum atomic E-state index is -1.33. The van der Waals surface area contributed by atoms with Crippen LogP contribution in [-0.2, 0) is 41.6 Å². The highest BCUT2D eigenvalue weighted by molar-refractivity contribution is 6.01. The van der Waals surface area contributed by atoms with Crippen molar-refractivity contribution in [2.45, 2.75) is 49.9 Å². The summed E-state index contributed by atoms with van der Waals surface area (Å²) in [5.41, 5.74) is 1.06. The van der Waals surface area contributed by atoms with E-state index in [-0.39, 0.29) is 24.3 Å². The number of benzene rings is 2. The monoisotopic (exact) mass is 556 g/mol. The summed E-state index contributed by atoms with van der Waals surface area (Å²) >= 11 is 0. The van der Waals surface area contributed by atoms with Crippen molar-refractivity contribution in [3.05, 3.63) is 59.7 Å². The number of hydrogen-bond donors (Lipinski definition) is 8. The molecule has 0 radical (unpaired) electrons. The Labute approximate surface area is 227 Å². The maximum absolute atomic E-state index is 12.5. The zero-order chi connectivity index (χ0) is 29.4. The molecule has 0 bridgehead atoms. The molecule has 0 aromatic heterocycles. The fourth-order valence-corrected chi connectivity index (χ4v) is 3.98. The minimum absolute atomic E-state index is 0.00900. The zero-order valence-electron chi connectivity index (χ0n) is 21.0. The van der Waals surface area contributed by atoms with E-state index >= 15 is 0 Å². The van der Waals surface area contributed by atoms with E-state index in [2.05, 4.69) is 21.3 Å². The van der Waals surface area contributed by atoms with Crippen LogP contribution < -0.4 is 21.3 Å². The molecule has 0 saturated carbocycles. The van der Waals surface area contributed by atoms with Crippen LogP contribution in [0.1, 0.15) is 24.0 Å². The molecule has 2 aromatic rings. The summed E-state index contributed by atoms with van der Waals surface area (Å²) in [5, 5.41) is 46.8. The molecule has 14 nitrogen and oxygen atoms in total. The summed E-state index contributed by atoms with van der Waals surface area (Å²) in [7, 11) is 0. The van der Waals surface area contributed by atoms with Crippen molar-refractivity contribution in [2.75, 3.05) is 0 Å². The summed E-state index contributed by atoms with van der Waals surface area (Å²) in [6.07, 6.45) is -1.31. The molecule has 0 aliphatic carbocycles. The summed E-state index contributed by atoms with van der Waals surface area (Å²) in [5.74, 6) is -5.86. The number of aliphatic carboxylic acids is 2. The largest absolute Gasteiger partial charge is 0.508 e. The summed E-state index contributed by atoms with van der Waals surface area (Å²) in [6, 6.07) is 6.13. The number of rotatable bonds is 12. The lowest BCUT2D eigenvalue weighted by Crippen LogP contribution is -2.63. The first-order valence-electron chi connectivity index (χ1n) is 12.1. The molecule has 1 aliphatic rings. The van der Waals surface area contributed by atoms with E-state index in [1.165, 1.54) is 48.5 Å². The molecule has 1 heterocycles. The SMILES string of the molecule is O=C(C[C@@H]1NC(=O)[C@H](CC(=O)N[C@@H](Cc2ccc(O)cc2)C(=O)O)NC1=O)N[C@@H](Cc1ccc(O)cc1)C(=O)O. The number of carbonyl (C=O) groups excluding carboxylic acids is 4. The van der Waals surface area contributed by atoms with E-state index in [4.69, 9.17) is 0 Å². The lowest BCUT2D eigenvalue weighted by atomic mass is 10.0. The maximum atomic E-state index is 12.5. The van der Waals surface area contributed by atoms with Gasteiger partial charge in [0.25, 0.3) is 0 Å². The lowest BCUT2D eigenvalue weighted by Gasteiger charge is -2.29. The summed E-state index contributed by atoms with van der Waals surface area (Å²) < 4.78 is 0. The normalized spacial score (nSPS) is 18.0. The van der Waals surface area contributed by atoms with Crippen molar-refractivity contribution < 1.29 is 49.2 Å². The van der Waals surface area contributed by atoms with Crippen molar-refractivity contribution in [1.82, 2.24) is 21.3 Å². The van der Waals surface area contributed by atoms with Crippen LogP contribution in [0.15, 0.2) is 48.5 Å². The van der Waals surface area contributed by atoms with Gasteiger partial charge in [0.2, 0.25) is 23.6 Å². The van der Waals surface area contributed by atoms with Crippen molar-refractivity contribution >= 4 is 35.6 Å². The number of hydrogen-bond acceptors (Lipinski definition) is 8. The molecule has 4 atom stereocenters. The van der Waals surface area contributed by atoms with Crippen molar-refractivity contribution in [3.63, 3.8) is 0 Å². The second-order valence-corrected chi connectivity index (χ2v) is 9.19. The standard InChI is InChI=1S/C26H28N4O10/c31-15-5-1-13(2-6-15)9-19(25(37)38)27-21(33)11-17-23(35)30-18(24(36)29-17)12-22(34)28-20(26(39)40)10-14-3-7-16(32)8-4-14/h1-8,17-20,31-32H,9-12H2,(H,27,33)(H,28,34)(H,29,36)(H,30,35)(H,37,38)(H,39,40)/t17-,18-,19-,20-/m0/s1. The van der Waals surface area contributed by atoms with Gasteiger partial charge < -0.3 is 41.7 Å². The quantitative estimate of drug-likeness (QED) is 0.155. The minimum Gasteiger partial charge on any atom is -0.508 e. The Morgan fingerprint density at radius 3 is 1.27 bits per heavy atom. The van der Waals surface area contributed by atoms with Crippen LogP contribution in [-0.4, -0.2) is 80.2 Å². The molecule has 0 unspecified atom stereocenters. The smallest absolute Gasteiger partial charge is 0.326 e. The van der Waals surface area contributed by atoms with Gasteiger partial charge in [0.15, 0.2) is 0 Å². The summed E-state index contributed by atoms with van der Waals surface area (Å²) in [4.78, 5) is 73.1. The Balaban J connectivity index is 1.52. The topological polar surface area (TPSA) is 231 Å². The fourth-order valence-electron chi connectivity index (χ4n) is 3.98. The average Bonchev–Trinajstić information content (AvgIpc) is 2.88. The lowest BCUT2D eigenvalue weighted by molar-refractivity contribution is -0.143. The van der Waals surface area contributed by atoms with Crippen molar-refractivity contribution in [1.29, 1.82) is 0 Å². The van der Waals surface area contributed by atoms with E-state index < -0.39 is 72.6 Å². The Morgan fingerprint density at radius 2 is 0.975 bits per heavy atom. The van der Waals surface area contributed by atoms with Gasteiger partial charge in [-0.15, -0.1) is 0 Å². The van der Waals surface area contributed by atoms with Crippen LogP contribution in [0.2, 0.25) is 0 Å². The van der Waals surface area contributed by atoms with Crippen LogP contribution >= 0.6 is 0 Å². The van der Waals surface area contributed by atoms with Gasteiger partial charge in [0, 0.05) is 12.8 Å². The number of phenolic OH excluding ortho intramolecular Hbond substituents is 2. The van der Waals surface area contributed by atoms with Crippen molar-refractivity contribution in [2.24, 2.45) is 0 Å². The van der Waals surface area contributed by atoms with Gasteiger partial charge in [0.05, 0.1) is 12.8 Å². The molecule has 2 aromatic carbocycles. The third kappa shape index (κ3) is 8.44. The fraction of sp³-hybridized carbons (Fsp3) is 0.308. The number of nitrogens with one attached hydrogen (secondary N) is 4. The molecule has 8 N–H and O–H groups in total. The van der Waals surface area contributed by atoms with E-state index in [1.807, 2.05) is 0 Å². The highest BCUT2D eigenvalue weighted by Gasteiger charge is 2.37. The van der Waals surface area contributed by atoms with Gasteiger partial charge in [-0.05, 0) is 35.4 Å². The Kier molecular flexibility index (Phi) is 9.62. The van der Waals surface area contributed by atoms with E-state index in [0.717, 1.165) is 0 Å². The third-order valence-corrected chi connectivity index (χ3v) is 6.06. The van der Waals surface area contributed by atoms with Crippen LogP contribution in [0.4, 0.5) is 0 Å². The average molecular weight is 557 g/mol. The molecule has 3 rings (SSSR count). The van der Waals surface area contributed by atoms with Crippen molar-refractivity contribution in [3.8, 4) is 11.5 Å². The first kappa shape index (κ1) is 29.4. The highest BCUT2D eigenvalue weighted by atomic mass is 16.4. The Bertz CT molecular complexity index is 1180. The van der Waals surface area contributed by atoms with E-state index in [0.29, 0.717) is 11.1 Å². The Hall–Kier alpha value is -5.14. The molecule has 212 valence electrons. The second-order valence-electron chi connectivity index (χ2n) is 9.19. The third-order valence-electron chi connectivity index (χ3n) is 6.06. The van der Waals surface area contributed by atoms with Gasteiger partial charge in [-0.25, -0.2) is 9.59 Å². The molecular weight excluding hydrogens is 528 g/mol. The number of piperazine rings is 1. The highest BCUT2D eigenvalue weighted by Crippen LogP contribution is 2.13. The number of phenols is 2. The molecule has 0 spiro atoms. The van der Waals surface area contributed by atoms with Gasteiger partial charge in [-0.3, -0.25) is 19.2 Å². The second kappa shape index (κ2) is 13.1. The van der Waals surface area contributed by atoms with E-state index in [9.17, 15) is 49.2 Å².